The molecule has 94 valence electrons. The van der Waals surface area contributed by atoms with Crippen molar-refractivity contribution < 1.29 is 4.39 Å². The molecule has 1 aliphatic heterocycles. The molecule has 0 aliphatic carbocycles. The van der Waals surface area contributed by atoms with Crippen molar-refractivity contribution in [1.29, 1.82) is 0 Å². The predicted molar refractivity (Wildman–Crippen MR) is 69.5 cm³/mol. The molecule has 1 aromatic rings. The van der Waals surface area contributed by atoms with Crippen molar-refractivity contribution >= 4 is 5.69 Å². The van der Waals surface area contributed by atoms with Gasteiger partial charge in [0.2, 0.25) is 0 Å². The number of anilines is 1. The summed E-state index contributed by atoms with van der Waals surface area (Å²) in [6, 6.07) is 5.05. The highest BCUT2D eigenvalue weighted by Gasteiger charge is 2.29. The van der Waals surface area contributed by atoms with Gasteiger partial charge in [-0.3, -0.25) is 0 Å². The molecule has 17 heavy (non-hydrogen) atoms. The van der Waals surface area contributed by atoms with Gasteiger partial charge in [-0.15, -0.1) is 0 Å². The van der Waals surface area contributed by atoms with Crippen LogP contribution in [0.5, 0.6) is 0 Å². The summed E-state index contributed by atoms with van der Waals surface area (Å²) in [6.07, 6.45) is 0. The van der Waals surface area contributed by atoms with E-state index in [2.05, 4.69) is 18.7 Å². The summed E-state index contributed by atoms with van der Waals surface area (Å²) in [4.78, 5) is 2.14. The standard InChI is InChI=1S/C14H21FN2/c1-9-7-17(8-10(9)2)14-12(11(3)16)5-4-6-13(14)15/h4-6,9-11H,7-8,16H2,1-3H3. The van der Waals surface area contributed by atoms with E-state index < -0.39 is 0 Å². The van der Waals surface area contributed by atoms with Crippen molar-refractivity contribution in [2.45, 2.75) is 26.8 Å². The highest BCUT2D eigenvalue weighted by atomic mass is 19.1. The zero-order valence-electron chi connectivity index (χ0n) is 10.8. The van der Waals surface area contributed by atoms with Gasteiger partial charge in [0.15, 0.2) is 0 Å². The van der Waals surface area contributed by atoms with Crippen molar-refractivity contribution in [3.05, 3.63) is 29.6 Å². The summed E-state index contributed by atoms with van der Waals surface area (Å²) in [5.41, 5.74) is 7.54. The van der Waals surface area contributed by atoms with Gasteiger partial charge in [0, 0.05) is 19.1 Å². The third-order valence-corrected chi connectivity index (χ3v) is 3.81. The topological polar surface area (TPSA) is 29.3 Å². The Labute approximate surface area is 103 Å². The van der Waals surface area contributed by atoms with Crippen LogP contribution in [0.4, 0.5) is 10.1 Å². The average Bonchev–Trinajstić information content (AvgIpc) is 2.58. The molecule has 3 unspecified atom stereocenters. The highest BCUT2D eigenvalue weighted by molar-refractivity contribution is 5.57. The van der Waals surface area contributed by atoms with Crippen LogP contribution < -0.4 is 10.6 Å². The van der Waals surface area contributed by atoms with Crippen LogP contribution in [0.15, 0.2) is 18.2 Å². The lowest BCUT2D eigenvalue weighted by atomic mass is 10.0. The Morgan fingerprint density at radius 1 is 1.29 bits per heavy atom. The summed E-state index contributed by atoms with van der Waals surface area (Å²) < 4.78 is 14.0. The lowest BCUT2D eigenvalue weighted by Gasteiger charge is -2.24. The van der Waals surface area contributed by atoms with Gasteiger partial charge in [-0.2, -0.15) is 0 Å². The molecule has 1 heterocycles. The Hall–Kier alpha value is -1.09. The largest absolute Gasteiger partial charge is 0.368 e. The summed E-state index contributed by atoms with van der Waals surface area (Å²) in [7, 11) is 0. The lowest BCUT2D eigenvalue weighted by Crippen LogP contribution is -2.24. The van der Waals surface area contributed by atoms with E-state index in [4.69, 9.17) is 5.73 Å². The molecule has 0 spiro atoms. The molecule has 1 aromatic carbocycles. The Bertz CT molecular complexity index is 393. The molecular formula is C14H21FN2. The maximum Gasteiger partial charge on any atom is 0.146 e. The molecule has 0 aromatic heterocycles. The molecular weight excluding hydrogens is 215 g/mol. The molecule has 2 nitrogen and oxygen atoms in total. The van der Waals surface area contributed by atoms with Gasteiger partial charge in [-0.25, -0.2) is 4.39 Å². The first-order valence-electron chi connectivity index (χ1n) is 6.29. The van der Waals surface area contributed by atoms with E-state index >= 15 is 0 Å². The van der Waals surface area contributed by atoms with Gasteiger partial charge in [0.1, 0.15) is 5.82 Å². The minimum absolute atomic E-state index is 0.132. The van der Waals surface area contributed by atoms with E-state index in [9.17, 15) is 4.39 Å². The highest BCUT2D eigenvalue weighted by Crippen LogP contribution is 2.34. The fourth-order valence-corrected chi connectivity index (χ4v) is 2.55. The maximum atomic E-state index is 14.0. The Morgan fingerprint density at radius 2 is 1.88 bits per heavy atom. The van der Waals surface area contributed by atoms with Crippen molar-refractivity contribution in [2.75, 3.05) is 18.0 Å². The molecule has 2 N–H and O–H groups in total. The summed E-state index contributed by atoms with van der Waals surface area (Å²) in [5, 5.41) is 0. The van der Waals surface area contributed by atoms with Crippen LogP contribution in [0.2, 0.25) is 0 Å². The van der Waals surface area contributed by atoms with E-state index in [1.165, 1.54) is 6.07 Å². The van der Waals surface area contributed by atoms with Gasteiger partial charge in [0.25, 0.3) is 0 Å². The number of hydrogen-bond acceptors (Lipinski definition) is 2. The Balaban J connectivity index is 2.38. The smallest absolute Gasteiger partial charge is 0.146 e. The van der Waals surface area contributed by atoms with Crippen LogP contribution in [0.25, 0.3) is 0 Å². The fourth-order valence-electron chi connectivity index (χ4n) is 2.55. The maximum absolute atomic E-state index is 14.0. The first-order chi connectivity index (χ1) is 8.00. The molecule has 0 amide bonds. The van der Waals surface area contributed by atoms with Gasteiger partial charge in [0.05, 0.1) is 5.69 Å². The predicted octanol–water partition coefficient (Wildman–Crippen LogP) is 2.94. The van der Waals surface area contributed by atoms with Gasteiger partial charge in [-0.1, -0.05) is 26.0 Å². The summed E-state index contributed by atoms with van der Waals surface area (Å²) in [6.45, 7) is 8.18. The van der Waals surface area contributed by atoms with Gasteiger partial charge in [-0.05, 0) is 30.4 Å². The molecule has 3 atom stereocenters. The minimum atomic E-state index is -0.152. The second-order valence-corrected chi connectivity index (χ2v) is 5.33. The molecule has 1 saturated heterocycles. The second kappa shape index (κ2) is 4.65. The molecule has 0 radical (unpaired) electrons. The number of rotatable bonds is 2. The van der Waals surface area contributed by atoms with Gasteiger partial charge < -0.3 is 10.6 Å². The van der Waals surface area contributed by atoms with Crippen molar-refractivity contribution in [2.24, 2.45) is 17.6 Å². The normalized spacial score (nSPS) is 26.3. The molecule has 1 aliphatic rings. The quantitative estimate of drug-likeness (QED) is 0.855. The monoisotopic (exact) mass is 236 g/mol. The van der Waals surface area contributed by atoms with E-state index in [1.807, 2.05) is 13.0 Å². The molecule has 2 rings (SSSR count). The number of hydrogen-bond donors (Lipinski definition) is 1. The molecule has 0 bridgehead atoms. The van der Waals surface area contributed by atoms with Crippen molar-refractivity contribution in [3.8, 4) is 0 Å². The van der Waals surface area contributed by atoms with Crippen LogP contribution in [0, 0.1) is 17.7 Å². The van der Waals surface area contributed by atoms with Crippen LogP contribution in [0.1, 0.15) is 32.4 Å². The van der Waals surface area contributed by atoms with E-state index in [0.717, 1.165) is 18.7 Å². The Morgan fingerprint density at radius 3 is 2.41 bits per heavy atom. The van der Waals surface area contributed by atoms with E-state index in [-0.39, 0.29) is 11.9 Å². The van der Waals surface area contributed by atoms with Crippen molar-refractivity contribution in [3.63, 3.8) is 0 Å². The Kier molecular flexibility index (Phi) is 3.38. The number of benzene rings is 1. The van der Waals surface area contributed by atoms with Crippen LogP contribution in [0.3, 0.4) is 0 Å². The SMILES string of the molecule is CC(N)c1cccc(F)c1N1CC(C)C(C)C1. The first-order valence-corrected chi connectivity index (χ1v) is 6.29. The minimum Gasteiger partial charge on any atom is -0.368 e. The van der Waals surface area contributed by atoms with Gasteiger partial charge >= 0.3 is 0 Å². The molecule has 1 fully saturated rings. The molecule has 3 heteroatoms. The first kappa shape index (κ1) is 12.4. The summed E-state index contributed by atoms with van der Waals surface area (Å²) >= 11 is 0. The average molecular weight is 236 g/mol. The van der Waals surface area contributed by atoms with Crippen LogP contribution in [-0.2, 0) is 0 Å². The number of nitrogens with zero attached hydrogens (tertiary/aromatic N) is 1. The zero-order chi connectivity index (χ0) is 12.6. The third-order valence-electron chi connectivity index (χ3n) is 3.81. The fraction of sp³-hybridized carbons (Fsp3) is 0.571. The second-order valence-electron chi connectivity index (χ2n) is 5.33. The number of nitrogens with two attached hydrogens (primary N) is 1. The zero-order valence-corrected chi connectivity index (χ0v) is 10.8. The van der Waals surface area contributed by atoms with Crippen LogP contribution in [-0.4, -0.2) is 13.1 Å². The third kappa shape index (κ3) is 2.29. The number of halogens is 1. The molecule has 0 saturated carbocycles. The van der Waals surface area contributed by atoms with Crippen molar-refractivity contribution in [1.82, 2.24) is 0 Å². The summed E-state index contributed by atoms with van der Waals surface area (Å²) in [5.74, 6) is 1.06. The number of para-hydroxylation sites is 1. The van der Waals surface area contributed by atoms with Crippen LogP contribution >= 0.6 is 0 Å². The van der Waals surface area contributed by atoms with E-state index in [1.54, 1.807) is 6.07 Å². The van der Waals surface area contributed by atoms with E-state index in [0.29, 0.717) is 17.5 Å². The lowest BCUT2D eigenvalue weighted by molar-refractivity contribution is 0.494.